The molecule has 2 heterocycles. The van der Waals surface area contributed by atoms with E-state index in [1.165, 1.54) is 5.56 Å². The lowest BCUT2D eigenvalue weighted by Crippen LogP contribution is -2.32. The van der Waals surface area contributed by atoms with Crippen molar-refractivity contribution in [1.82, 2.24) is 5.32 Å². The van der Waals surface area contributed by atoms with Crippen molar-refractivity contribution in [3.05, 3.63) is 54.0 Å². The number of benzene rings is 1. The lowest BCUT2D eigenvalue weighted by atomic mass is 10.1. The fourth-order valence-electron chi connectivity index (χ4n) is 1.80. The van der Waals surface area contributed by atoms with Gasteiger partial charge in [0.25, 0.3) is 0 Å². The Morgan fingerprint density at radius 1 is 1.24 bits per heavy atom. The summed E-state index contributed by atoms with van der Waals surface area (Å²) >= 11 is 0. The first kappa shape index (κ1) is 9.96. The van der Waals surface area contributed by atoms with Crippen LogP contribution in [0.15, 0.2) is 52.1 Å². The molecule has 2 N–H and O–H groups in total. The maximum absolute atomic E-state index is 5.25. The second kappa shape index (κ2) is 4.33. The Bertz CT molecular complexity index is 531. The number of aliphatic imine (C=N–C) groups is 1. The van der Waals surface area contributed by atoms with Gasteiger partial charge in [-0.2, -0.15) is 0 Å². The zero-order valence-corrected chi connectivity index (χ0v) is 9.31. The molecule has 1 aromatic heterocycles. The zero-order valence-electron chi connectivity index (χ0n) is 9.31. The van der Waals surface area contributed by atoms with Crippen LogP contribution >= 0.6 is 0 Å². The summed E-state index contributed by atoms with van der Waals surface area (Å²) in [6.45, 7) is 1.35. The highest BCUT2D eigenvalue weighted by Gasteiger charge is 2.10. The molecular formula is C13H13N3O. The molecule has 0 bridgehead atoms. The average molecular weight is 227 g/mol. The molecular weight excluding hydrogens is 214 g/mol. The van der Waals surface area contributed by atoms with Crippen LogP contribution in [-0.4, -0.2) is 5.96 Å². The van der Waals surface area contributed by atoms with Crippen LogP contribution in [0, 0.1) is 0 Å². The highest BCUT2D eigenvalue weighted by Crippen LogP contribution is 2.19. The van der Waals surface area contributed by atoms with Gasteiger partial charge in [-0.3, -0.25) is 0 Å². The van der Waals surface area contributed by atoms with Crippen LogP contribution < -0.4 is 10.6 Å². The third-order valence-corrected chi connectivity index (χ3v) is 2.69. The first-order valence-corrected chi connectivity index (χ1v) is 5.57. The Hall–Kier alpha value is -2.23. The summed E-state index contributed by atoms with van der Waals surface area (Å²) in [5.41, 5.74) is 2.33. The zero-order chi connectivity index (χ0) is 11.5. The third-order valence-electron chi connectivity index (χ3n) is 2.69. The standard InChI is InChI=1S/C13H13N3O/c1-2-6-12-10(4-1)8-14-13(16-12)15-9-11-5-3-7-17-11/h1-7H,8-9H2,(H2,14,15,16). The fraction of sp³-hybridized carbons (Fsp3) is 0.154. The number of guanidine groups is 1. The number of fused-ring (bicyclic) bond motifs is 1. The summed E-state index contributed by atoms with van der Waals surface area (Å²) in [4.78, 5) is 4.42. The van der Waals surface area contributed by atoms with Crippen LogP contribution in [0.5, 0.6) is 0 Å². The van der Waals surface area contributed by atoms with Gasteiger partial charge in [-0.15, -0.1) is 0 Å². The van der Waals surface area contributed by atoms with Gasteiger partial charge in [-0.1, -0.05) is 18.2 Å². The number of nitrogens with zero attached hydrogens (tertiary/aromatic N) is 1. The van der Waals surface area contributed by atoms with Gasteiger partial charge < -0.3 is 15.1 Å². The Morgan fingerprint density at radius 2 is 2.18 bits per heavy atom. The van der Waals surface area contributed by atoms with Crippen molar-refractivity contribution < 1.29 is 4.42 Å². The van der Waals surface area contributed by atoms with Crippen molar-refractivity contribution in [2.24, 2.45) is 4.99 Å². The second-order valence-corrected chi connectivity index (χ2v) is 3.88. The van der Waals surface area contributed by atoms with E-state index < -0.39 is 0 Å². The number of hydrogen-bond acceptors (Lipinski definition) is 4. The van der Waals surface area contributed by atoms with Gasteiger partial charge in [0.05, 0.1) is 19.4 Å². The summed E-state index contributed by atoms with van der Waals surface area (Å²) in [7, 11) is 0. The Balaban J connectivity index is 1.65. The van der Waals surface area contributed by atoms with Crippen LogP contribution in [0.25, 0.3) is 0 Å². The van der Waals surface area contributed by atoms with Crippen molar-refractivity contribution in [2.75, 3.05) is 5.32 Å². The molecule has 1 aromatic carbocycles. The van der Waals surface area contributed by atoms with E-state index in [9.17, 15) is 0 Å². The normalized spacial score (nSPS) is 13.5. The fourth-order valence-corrected chi connectivity index (χ4v) is 1.80. The minimum Gasteiger partial charge on any atom is -0.467 e. The Kier molecular flexibility index (Phi) is 2.54. The molecule has 4 heteroatoms. The maximum atomic E-state index is 5.25. The summed E-state index contributed by atoms with van der Waals surface area (Å²) in [5.74, 6) is 1.69. The van der Waals surface area contributed by atoms with E-state index >= 15 is 0 Å². The number of para-hydroxylation sites is 1. The van der Waals surface area contributed by atoms with Crippen LogP contribution in [0.4, 0.5) is 5.69 Å². The predicted octanol–water partition coefficient (Wildman–Crippen LogP) is 2.35. The van der Waals surface area contributed by atoms with Gasteiger partial charge >= 0.3 is 0 Å². The summed E-state index contributed by atoms with van der Waals surface area (Å²) in [6, 6.07) is 12.0. The summed E-state index contributed by atoms with van der Waals surface area (Å²) in [5, 5.41) is 6.47. The van der Waals surface area contributed by atoms with Gasteiger partial charge in [-0.05, 0) is 23.8 Å². The molecule has 1 aliphatic heterocycles. The van der Waals surface area contributed by atoms with E-state index in [2.05, 4.69) is 27.8 Å². The lowest BCUT2D eigenvalue weighted by molar-refractivity contribution is 0.503. The SMILES string of the molecule is c1coc(CNC2=NCc3ccccc3N2)c1. The highest BCUT2D eigenvalue weighted by molar-refractivity contribution is 5.95. The number of anilines is 1. The van der Waals surface area contributed by atoms with E-state index in [0.717, 1.165) is 17.4 Å². The van der Waals surface area contributed by atoms with E-state index in [0.29, 0.717) is 13.1 Å². The first-order chi connectivity index (χ1) is 8.42. The number of hydrogen-bond donors (Lipinski definition) is 2. The molecule has 0 spiro atoms. The molecule has 86 valence electrons. The van der Waals surface area contributed by atoms with Crippen molar-refractivity contribution in [3.63, 3.8) is 0 Å². The molecule has 0 atom stereocenters. The van der Waals surface area contributed by atoms with Gasteiger partial charge in [0, 0.05) is 5.69 Å². The first-order valence-electron chi connectivity index (χ1n) is 5.57. The van der Waals surface area contributed by atoms with Gasteiger partial charge in [-0.25, -0.2) is 4.99 Å². The molecule has 1 aliphatic rings. The predicted molar refractivity (Wildman–Crippen MR) is 66.8 cm³/mol. The number of rotatable bonds is 2. The van der Waals surface area contributed by atoms with Gasteiger partial charge in [0.15, 0.2) is 5.96 Å². The molecule has 3 rings (SSSR count). The monoisotopic (exact) mass is 227 g/mol. The average Bonchev–Trinajstić information content (AvgIpc) is 2.89. The quantitative estimate of drug-likeness (QED) is 0.828. The third kappa shape index (κ3) is 2.15. The number of furan rings is 1. The Morgan fingerprint density at radius 3 is 3.06 bits per heavy atom. The van der Waals surface area contributed by atoms with E-state index in [1.807, 2.05) is 24.3 Å². The summed E-state index contributed by atoms with van der Waals surface area (Å²) in [6.07, 6.45) is 1.67. The molecule has 17 heavy (non-hydrogen) atoms. The van der Waals surface area contributed by atoms with Crippen LogP contribution in [0.2, 0.25) is 0 Å². The topological polar surface area (TPSA) is 49.6 Å². The van der Waals surface area contributed by atoms with Gasteiger partial charge in [0.1, 0.15) is 5.76 Å². The van der Waals surface area contributed by atoms with Crippen LogP contribution in [0.3, 0.4) is 0 Å². The molecule has 0 aliphatic carbocycles. The van der Waals surface area contributed by atoms with E-state index in [4.69, 9.17) is 4.42 Å². The molecule has 2 aromatic rings. The highest BCUT2D eigenvalue weighted by atomic mass is 16.3. The van der Waals surface area contributed by atoms with Crippen molar-refractivity contribution in [2.45, 2.75) is 13.1 Å². The molecule has 0 saturated carbocycles. The Labute approximate surface area is 99.4 Å². The molecule has 0 unspecified atom stereocenters. The lowest BCUT2D eigenvalue weighted by Gasteiger charge is -2.18. The van der Waals surface area contributed by atoms with Crippen molar-refractivity contribution >= 4 is 11.6 Å². The minimum absolute atomic E-state index is 0.640. The minimum atomic E-state index is 0.640. The van der Waals surface area contributed by atoms with Gasteiger partial charge in [0.2, 0.25) is 0 Å². The molecule has 0 radical (unpaired) electrons. The molecule has 0 fully saturated rings. The molecule has 0 saturated heterocycles. The van der Waals surface area contributed by atoms with Crippen LogP contribution in [-0.2, 0) is 13.1 Å². The smallest absolute Gasteiger partial charge is 0.196 e. The van der Waals surface area contributed by atoms with E-state index in [-0.39, 0.29) is 0 Å². The van der Waals surface area contributed by atoms with Crippen molar-refractivity contribution in [3.8, 4) is 0 Å². The number of nitrogens with one attached hydrogen (secondary N) is 2. The van der Waals surface area contributed by atoms with Crippen LogP contribution in [0.1, 0.15) is 11.3 Å². The summed E-state index contributed by atoms with van der Waals surface area (Å²) < 4.78 is 5.25. The molecule has 4 nitrogen and oxygen atoms in total. The largest absolute Gasteiger partial charge is 0.467 e. The van der Waals surface area contributed by atoms with Crippen molar-refractivity contribution in [1.29, 1.82) is 0 Å². The second-order valence-electron chi connectivity index (χ2n) is 3.88. The van der Waals surface area contributed by atoms with E-state index in [1.54, 1.807) is 6.26 Å². The maximum Gasteiger partial charge on any atom is 0.196 e. The molecule has 0 amide bonds.